The minimum Gasteiger partial charge on any atom is -0.361 e. The van der Waals surface area contributed by atoms with Crippen molar-refractivity contribution in [2.75, 3.05) is 39.3 Å². The van der Waals surface area contributed by atoms with Crippen molar-refractivity contribution in [3.05, 3.63) is 47.1 Å². The predicted octanol–water partition coefficient (Wildman–Crippen LogP) is 2.21. The molecule has 6 nitrogen and oxygen atoms in total. The lowest BCUT2D eigenvalue weighted by Crippen LogP contribution is -2.64. The fourth-order valence-corrected chi connectivity index (χ4v) is 4.23. The molecule has 1 aromatic carbocycles. The fourth-order valence-electron chi connectivity index (χ4n) is 4.06. The summed E-state index contributed by atoms with van der Waals surface area (Å²) in [5.41, 5.74) is 2.99. The second-order valence-electron chi connectivity index (χ2n) is 7.66. The van der Waals surface area contributed by atoms with E-state index in [9.17, 15) is 9.59 Å². The summed E-state index contributed by atoms with van der Waals surface area (Å²) in [6.45, 7) is 10.2. The Morgan fingerprint density at radius 1 is 1.21 bits per heavy atom. The maximum absolute atomic E-state index is 12.8. The zero-order valence-electron chi connectivity index (χ0n) is 16.1. The molecule has 2 fully saturated rings. The van der Waals surface area contributed by atoms with E-state index in [1.54, 1.807) is 4.90 Å². The van der Waals surface area contributed by atoms with E-state index in [4.69, 9.17) is 11.6 Å². The van der Waals surface area contributed by atoms with Crippen LogP contribution < -0.4 is 0 Å². The summed E-state index contributed by atoms with van der Waals surface area (Å²) in [7, 11) is 0. The Bertz CT molecular complexity index is 924. The number of hydrogen-bond acceptors (Lipinski definition) is 3. The van der Waals surface area contributed by atoms with Gasteiger partial charge in [-0.3, -0.25) is 14.5 Å². The normalized spacial score (nSPS) is 18.4. The topological polar surface area (TPSA) is 59.7 Å². The third-order valence-electron chi connectivity index (χ3n) is 5.92. The lowest BCUT2D eigenvalue weighted by atomic mass is 10.0. The van der Waals surface area contributed by atoms with Crippen molar-refractivity contribution in [2.45, 2.75) is 19.4 Å². The van der Waals surface area contributed by atoms with E-state index in [0.717, 1.165) is 66.3 Å². The van der Waals surface area contributed by atoms with Gasteiger partial charge in [-0.15, -0.1) is 0 Å². The molecule has 2 aliphatic rings. The summed E-state index contributed by atoms with van der Waals surface area (Å²) in [4.78, 5) is 33.7. The Hall–Kier alpha value is -2.31. The Labute approximate surface area is 169 Å². The zero-order chi connectivity index (χ0) is 19.8. The number of piperazine rings is 1. The van der Waals surface area contributed by atoms with Crippen molar-refractivity contribution in [1.29, 1.82) is 0 Å². The third-order valence-corrected chi connectivity index (χ3v) is 6.33. The van der Waals surface area contributed by atoms with Gasteiger partial charge in [0.05, 0.1) is 6.42 Å². The molecule has 0 spiro atoms. The SMILES string of the molecule is C=CC(=O)N1CC(N2CCN(C(=O)Cc3c[nH]c4cc(Cl)c(C)cc34)CC2)C1. The van der Waals surface area contributed by atoms with Gasteiger partial charge in [0.2, 0.25) is 11.8 Å². The standard InChI is InChI=1S/C21H25ClN4O2/c1-3-20(27)26-12-16(13-26)24-4-6-25(7-5-24)21(28)9-15-11-23-19-10-18(22)14(2)8-17(15)19/h3,8,10-11,16,23H,1,4-7,9,12-13H2,2H3. The molecule has 7 heteroatoms. The molecule has 28 heavy (non-hydrogen) atoms. The number of hydrogen-bond donors (Lipinski definition) is 1. The van der Waals surface area contributed by atoms with E-state index in [-0.39, 0.29) is 11.8 Å². The van der Waals surface area contributed by atoms with Gasteiger partial charge >= 0.3 is 0 Å². The molecule has 0 saturated carbocycles. The predicted molar refractivity (Wildman–Crippen MR) is 110 cm³/mol. The highest BCUT2D eigenvalue weighted by Gasteiger charge is 2.35. The number of likely N-dealkylation sites (tertiary alicyclic amines) is 1. The number of benzene rings is 1. The fraction of sp³-hybridized carbons (Fsp3) is 0.429. The van der Waals surface area contributed by atoms with E-state index < -0.39 is 0 Å². The summed E-state index contributed by atoms with van der Waals surface area (Å²) in [6.07, 6.45) is 3.67. The Morgan fingerprint density at radius 2 is 1.93 bits per heavy atom. The van der Waals surface area contributed by atoms with E-state index in [0.29, 0.717) is 12.5 Å². The number of nitrogens with one attached hydrogen (secondary N) is 1. The summed E-state index contributed by atoms with van der Waals surface area (Å²) >= 11 is 6.19. The maximum atomic E-state index is 12.8. The third kappa shape index (κ3) is 3.54. The minimum atomic E-state index is 0.000294. The van der Waals surface area contributed by atoms with Crippen molar-refractivity contribution in [2.24, 2.45) is 0 Å². The molecule has 3 heterocycles. The summed E-state index contributed by atoms with van der Waals surface area (Å²) in [5, 5.41) is 1.79. The van der Waals surface area contributed by atoms with Crippen molar-refractivity contribution in [3.8, 4) is 0 Å². The highest BCUT2D eigenvalue weighted by atomic mass is 35.5. The molecule has 2 aliphatic heterocycles. The molecule has 0 radical (unpaired) electrons. The molecule has 0 bridgehead atoms. The molecule has 0 atom stereocenters. The van der Waals surface area contributed by atoms with Crippen LogP contribution in [0.4, 0.5) is 0 Å². The average molecular weight is 401 g/mol. The van der Waals surface area contributed by atoms with Crippen LogP contribution in [0.1, 0.15) is 11.1 Å². The van der Waals surface area contributed by atoms with Gasteiger partial charge in [-0.05, 0) is 36.3 Å². The summed E-state index contributed by atoms with van der Waals surface area (Å²) in [5.74, 6) is 0.158. The van der Waals surface area contributed by atoms with Crippen LogP contribution in [-0.2, 0) is 16.0 Å². The quantitative estimate of drug-likeness (QED) is 0.800. The lowest BCUT2D eigenvalue weighted by Gasteiger charge is -2.47. The van der Waals surface area contributed by atoms with Crippen LogP contribution in [0.2, 0.25) is 5.02 Å². The smallest absolute Gasteiger partial charge is 0.246 e. The Balaban J connectivity index is 1.32. The van der Waals surface area contributed by atoms with Gasteiger partial charge in [0.15, 0.2) is 0 Å². The van der Waals surface area contributed by atoms with E-state index >= 15 is 0 Å². The van der Waals surface area contributed by atoms with Crippen molar-refractivity contribution in [1.82, 2.24) is 19.7 Å². The maximum Gasteiger partial charge on any atom is 0.246 e. The second kappa shape index (κ2) is 7.60. The van der Waals surface area contributed by atoms with Crippen LogP contribution in [0.5, 0.6) is 0 Å². The molecule has 4 rings (SSSR count). The number of nitrogens with zero attached hydrogens (tertiary/aromatic N) is 3. The molecule has 148 valence electrons. The molecule has 0 aliphatic carbocycles. The lowest BCUT2D eigenvalue weighted by molar-refractivity contribution is -0.136. The number of aromatic nitrogens is 1. The highest BCUT2D eigenvalue weighted by molar-refractivity contribution is 6.32. The number of aryl methyl sites for hydroxylation is 1. The van der Waals surface area contributed by atoms with Crippen LogP contribution in [0.15, 0.2) is 31.0 Å². The first-order valence-electron chi connectivity index (χ1n) is 9.65. The number of rotatable bonds is 4. The van der Waals surface area contributed by atoms with E-state index in [2.05, 4.69) is 16.5 Å². The number of halogens is 1. The van der Waals surface area contributed by atoms with Crippen LogP contribution in [0, 0.1) is 6.92 Å². The van der Waals surface area contributed by atoms with Gasteiger partial charge in [-0.25, -0.2) is 0 Å². The van der Waals surface area contributed by atoms with Crippen LogP contribution in [0.25, 0.3) is 10.9 Å². The van der Waals surface area contributed by atoms with Crippen molar-refractivity contribution >= 4 is 34.3 Å². The van der Waals surface area contributed by atoms with Gasteiger partial charge < -0.3 is 14.8 Å². The first-order chi connectivity index (χ1) is 13.5. The van der Waals surface area contributed by atoms with E-state index in [1.807, 2.05) is 30.2 Å². The van der Waals surface area contributed by atoms with Gasteiger partial charge in [0, 0.05) is 67.4 Å². The van der Waals surface area contributed by atoms with Gasteiger partial charge in [0.1, 0.15) is 0 Å². The van der Waals surface area contributed by atoms with Crippen molar-refractivity contribution in [3.63, 3.8) is 0 Å². The molecule has 2 amide bonds. The van der Waals surface area contributed by atoms with Crippen LogP contribution in [-0.4, -0.2) is 76.8 Å². The number of carbonyl (C=O) groups excluding carboxylic acids is 2. The first-order valence-corrected chi connectivity index (χ1v) is 10.0. The van der Waals surface area contributed by atoms with Crippen LogP contribution in [0.3, 0.4) is 0 Å². The summed E-state index contributed by atoms with van der Waals surface area (Å²) < 4.78 is 0. The number of carbonyl (C=O) groups is 2. The number of fused-ring (bicyclic) bond motifs is 1. The van der Waals surface area contributed by atoms with E-state index in [1.165, 1.54) is 6.08 Å². The minimum absolute atomic E-state index is 0.000294. The molecule has 2 aromatic rings. The molecule has 1 N–H and O–H groups in total. The Morgan fingerprint density at radius 3 is 2.61 bits per heavy atom. The van der Waals surface area contributed by atoms with Gasteiger partial charge in [-0.1, -0.05) is 18.2 Å². The zero-order valence-corrected chi connectivity index (χ0v) is 16.8. The number of H-pyrrole nitrogens is 1. The number of amides is 2. The van der Waals surface area contributed by atoms with Gasteiger partial charge in [0.25, 0.3) is 0 Å². The van der Waals surface area contributed by atoms with Gasteiger partial charge in [-0.2, -0.15) is 0 Å². The number of aromatic amines is 1. The highest BCUT2D eigenvalue weighted by Crippen LogP contribution is 2.26. The second-order valence-corrected chi connectivity index (χ2v) is 8.06. The average Bonchev–Trinajstić information content (AvgIpc) is 3.02. The molecule has 1 aromatic heterocycles. The van der Waals surface area contributed by atoms with Crippen molar-refractivity contribution < 1.29 is 9.59 Å². The van der Waals surface area contributed by atoms with Crippen LogP contribution >= 0.6 is 11.6 Å². The molecular formula is C21H25ClN4O2. The molecule has 0 unspecified atom stereocenters. The first kappa shape index (κ1) is 19.0. The monoisotopic (exact) mass is 400 g/mol. The molecular weight excluding hydrogens is 376 g/mol. The molecule has 2 saturated heterocycles. The largest absolute Gasteiger partial charge is 0.361 e. The summed E-state index contributed by atoms with van der Waals surface area (Å²) in [6, 6.07) is 4.36. The Kier molecular flexibility index (Phi) is 5.17.